The minimum atomic E-state index is -3.71. The van der Waals surface area contributed by atoms with Crippen LogP contribution in [0.4, 0.5) is 5.69 Å². The first-order valence-electron chi connectivity index (χ1n) is 9.48. The summed E-state index contributed by atoms with van der Waals surface area (Å²) >= 11 is 5.85. The Bertz CT molecular complexity index is 1050. The molecule has 0 aromatic heterocycles. The van der Waals surface area contributed by atoms with E-state index in [1.54, 1.807) is 25.1 Å². The van der Waals surface area contributed by atoms with Crippen molar-refractivity contribution < 1.29 is 22.7 Å². The molecule has 9 heteroatoms. The van der Waals surface area contributed by atoms with E-state index in [-0.39, 0.29) is 17.3 Å². The molecule has 7 nitrogen and oxygen atoms in total. The fraction of sp³-hybridized carbons (Fsp3) is 0.333. The van der Waals surface area contributed by atoms with Crippen LogP contribution in [0.15, 0.2) is 47.4 Å². The van der Waals surface area contributed by atoms with Crippen molar-refractivity contribution in [2.45, 2.75) is 24.7 Å². The van der Waals surface area contributed by atoms with Crippen molar-refractivity contribution in [2.75, 3.05) is 25.5 Å². The van der Waals surface area contributed by atoms with E-state index in [1.807, 2.05) is 0 Å². The van der Waals surface area contributed by atoms with E-state index in [9.17, 15) is 18.0 Å². The highest BCUT2D eigenvalue weighted by atomic mass is 35.5. The van der Waals surface area contributed by atoms with Crippen LogP contribution in [0, 0.1) is 12.8 Å². The van der Waals surface area contributed by atoms with Gasteiger partial charge in [0, 0.05) is 23.8 Å². The summed E-state index contributed by atoms with van der Waals surface area (Å²) in [5.74, 6) is -1.26. The molecule has 0 saturated carbocycles. The average Bonchev–Trinajstić information content (AvgIpc) is 2.75. The summed E-state index contributed by atoms with van der Waals surface area (Å²) in [5.41, 5.74) is 1.46. The number of nitrogens with one attached hydrogen (secondary N) is 1. The van der Waals surface area contributed by atoms with Crippen molar-refractivity contribution in [2.24, 2.45) is 5.92 Å². The first kappa shape index (κ1) is 22.3. The lowest BCUT2D eigenvalue weighted by Crippen LogP contribution is -2.43. The topological polar surface area (TPSA) is 92.8 Å². The van der Waals surface area contributed by atoms with E-state index in [1.165, 1.54) is 35.7 Å². The maximum absolute atomic E-state index is 12.9. The Kier molecular flexibility index (Phi) is 6.80. The number of ether oxygens (including phenoxy) is 1. The van der Waals surface area contributed by atoms with E-state index >= 15 is 0 Å². The number of piperidine rings is 1. The third-order valence-corrected chi connectivity index (χ3v) is 7.33. The van der Waals surface area contributed by atoms with Gasteiger partial charge in [0.1, 0.15) is 0 Å². The van der Waals surface area contributed by atoms with Gasteiger partial charge >= 0.3 is 5.97 Å². The highest BCUT2D eigenvalue weighted by molar-refractivity contribution is 7.89. The van der Waals surface area contributed by atoms with Crippen molar-refractivity contribution in [1.82, 2.24) is 4.31 Å². The lowest BCUT2D eigenvalue weighted by molar-refractivity contribution is -0.120. The predicted octanol–water partition coefficient (Wildman–Crippen LogP) is 3.47. The first-order valence-corrected chi connectivity index (χ1v) is 11.3. The van der Waals surface area contributed by atoms with Gasteiger partial charge < -0.3 is 10.1 Å². The summed E-state index contributed by atoms with van der Waals surface area (Å²) in [5, 5.41) is 3.29. The molecule has 2 aromatic carbocycles. The zero-order valence-corrected chi connectivity index (χ0v) is 18.3. The SMILES string of the molecule is COC(=O)c1cccc(NC(=O)[C@H]2CCCN(S(=O)(=O)c3ccc(Cl)cc3)C2)c1C. The molecule has 0 spiro atoms. The van der Waals surface area contributed by atoms with E-state index in [0.717, 1.165) is 0 Å². The van der Waals surface area contributed by atoms with Crippen LogP contribution < -0.4 is 5.32 Å². The van der Waals surface area contributed by atoms with Gasteiger partial charge in [-0.05, 0) is 61.7 Å². The molecule has 1 fully saturated rings. The fourth-order valence-electron chi connectivity index (χ4n) is 3.47. The van der Waals surface area contributed by atoms with Crippen molar-refractivity contribution >= 4 is 39.2 Å². The zero-order chi connectivity index (χ0) is 21.9. The van der Waals surface area contributed by atoms with Crippen molar-refractivity contribution in [3.8, 4) is 0 Å². The van der Waals surface area contributed by atoms with Gasteiger partial charge in [0.2, 0.25) is 15.9 Å². The fourth-order valence-corrected chi connectivity index (χ4v) is 5.12. The summed E-state index contributed by atoms with van der Waals surface area (Å²) in [6.07, 6.45) is 1.15. The maximum atomic E-state index is 12.9. The van der Waals surface area contributed by atoms with Crippen LogP contribution in [0.2, 0.25) is 5.02 Å². The van der Waals surface area contributed by atoms with Gasteiger partial charge in [-0.15, -0.1) is 0 Å². The molecule has 160 valence electrons. The Morgan fingerprint density at radius 3 is 2.53 bits per heavy atom. The second-order valence-electron chi connectivity index (χ2n) is 7.12. The minimum Gasteiger partial charge on any atom is -0.465 e. The lowest BCUT2D eigenvalue weighted by Gasteiger charge is -2.31. The molecule has 1 heterocycles. The molecular weight excluding hydrogens is 428 g/mol. The van der Waals surface area contributed by atoms with Crippen LogP contribution in [0.3, 0.4) is 0 Å². The van der Waals surface area contributed by atoms with E-state index in [0.29, 0.717) is 41.2 Å². The van der Waals surface area contributed by atoms with E-state index in [2.05, 4.69) is 5.32 Å². The van der Waals surface area contributed by atoms with Crippen LogP contribution in [0.5, 0.6) is 0 Å². The van der Waals surface area contributed by atoms with Gasteiger partial charge in [-0.3, -0.25) is 4.79 Å². The van der Waals surface area contributed by atoms with Crippen LogP contribution in [0.1, 0.15) is 28.8 Å². The molecule has 0 aliphatic carbocycles. The third-order valence-electron chi connectivity index (χ3n) is 5.20. The summed E-state index contributed by atoms with van der Waals surface area (Å²) in [4.78, 5) is 24.9. The quantitative estimate of drug-likeness (QED) is 0.704. The minimum absolute atomic E-state index is 0.0898. The van der Waals surface area contributed by atoms with Crippen molar-refractivity contribution in [3.63, 3.8) is 0 Å². The Balaban J connectivity index is 1.75. The molecule has 1 amide bonds. The third kappa shape index (κ3) is 4.66. The molecule has 1 saturated heterocycles. The molecule has 0 radical (unpaired) electrons. The largest absolute Gasteiger partial charge is 0.465 e. The lowest BCUT2D eigenvalue weighted by atomic mass is 9.98. The zero-order valence-electron chi connectivity index (χ0n) is 16.7. The number of amides is 1. The first-order chi connectivity index (χ1) is 14.2. The maximum Gasteiger partial charge on any atom is 0.338 e. The van der Waals surface area contributed by atoms with Gasteiger partial charge in [-0.2, -0.15) is 4.31 Å². The van der Waals surface area contributed by atoms with Gasteiger partial charge in [0.05, 0.1) is 23.5 Å². The number of sulfonamides is 1. The molecule has 1 aliphatic heterocycles. The monoisotopic (exact) mass is 450 g/mol. The Morgan fingerprint density at radius 1 is 1.17 bits per heavy atom. The molecular formula is C21H23ClN2O5S. The van der Waals surface area contributed by atoms with Crippen LogP contribution in [-0.2, 0) is 19.6 Å². The highest BCUT2D eigenvalue weighted by Crippen LogP contribution is 2.27. The number of anilines is 1. The Labute approximate surface area is 181 Å². The average molecular weight is 451 g/mol. The van der Waals surface area contributed by atoms with Gasteiger partial charge in [0.15, 0.2) is 0 Å². The molecule has 1 aliphatic rings. The number of carbonyl (C=O) groups excluding carboxylic acids is 2. The highest BCUT2D eigenvalue weighted by Gasteiger charge is 2.33. The normalized spacial score (nSPS) is 17.4. The van der Waals surface area contributed by atoms with Crippen LogP contribution >= 0.6 is 11.6 Å². The number of carbonyl (C=O) groups is 2. The Morgan fingerprint density at radius 2 is 1.87 bits per heavy atom. The number of nitrogens with zero attached hydrogens (tertiary/aromatic N) is 1. The van der Waals surface area contributed by atoms with Gasteiger partial charge in [0.25, 0.3) is 0 Å². The number of halogens is 1. The Hall–Kier alpha value is -2.42. The van der Waals surface area contributed by atoms with Crippen molar-refractivity contribution in [3.05, 3.63) is 58.6 Å². The van der Waals surface area contributed by atoms with Crippen molar-refractivity contribution in [1.29, 1.82) is 0 Å². The summed E-state index contributed by atoms with van der Waals surface area (Å²) in [7, 11) is -2.42. The van der Waals surface area contributed by atoms with Gasteiger partial charge in [-0.1, -0.05) is 17.7 Å². The van der Waals surface area contributed by atoms with Gasteiger partial charge in [-0.25, -0.2) is 13.2 Å². The number of hydrogen-bond donors (Lipinski definition) is 1. The number of methoxy groups -OCH3 is 1. The van der Waals surface area contributed by atoms with E-state index in [4.69, 9.17) is 16.3 Å². The molecule has 1 N–H and O–H groups in total. The molecule has 3 rings (SSSR count). The summed E-state index contributed by atoms with van der Waals surface area (Å²) in [6.45, 7) is 2.16. The second kappa shape index (κ2) is 9.16. The summed E-state index contributed by atoms with van der Waals surface area (Å²) in [6, 6.07) is 11.0. The van der Waals surface area contributed by atoms with Crippen LogP contribution in [0.25, 0.3) is 0 Å². The molecule has 0 bridgehead atoms. The molecule has 2 aromatic rings. The number of benzene rings is 2. The number of esters is 1. The molecule has 1 atom stereocenters. The molecule has 30 heavy (non-hydrogen) atoms. The smallest absolute Gasteiger partial charge is 0.338 e. The van der Waals surface area contributed by atoms with E-state index < -0.39 is 21.9 Å². The molecule has 0 unspecified atom stereocenters. The number of hydrogen-bond acceptors (Lipinski definition) is 5. The standard InChI is InChI=1S/C21H23ClN2O5S/c1-14-18(21(26)29-2)6-3-7-19(14)23-20(25)15-5-4-12-24(13-15)30(27,28)17-10-8-16(22)9-11-17/h3,6-11,15H,4-5,12-13H2,1-2H3,(H,23,25)/t15-/m0/s1. The second-order valence-corrected chi connectivity index (χ2v) is 9.49. The summed E-state index contributed by atoms with van der Waals surface area (Å²) < 4.78 is 32.0. The number of rotatable bonds is 5. The van der Waals surface area contributed by atoms with Crippen LogP contribution in [-0.4, -0.2) is 44.8 Å². The predicted molar refractivity (Wildman–Crippen MR) is 114 cm³/mol.